The average Bonchev–Trinajstić information content (AvgIpc) is 2.59. The molecular formula is C18H16N2O3. The third kappa shape index (κ3) is 3.23. The molecule has 0 aliphatic heterocycles. The Labute approximate surface area is 133 Å². The average molecular weight is 308 g/mol. The first kappa shape index (κ1) is 14.8. The van der Waals surface area contributed by atoms with Crippen LogP contribution in [-0.4, -0.2) is 24.2 Å². The minimum absolute atomic E-state index is 0.227. The lowest BCUT2D eigenvalue weighted by molar-refractivity contribution is 0.394. The molecule has 1 N–H and O–H groups in total. The molecule has 3 aromatic rings. The molecule has 1 heterocycles. The van der Waals surface area contributed by atoms with Crippen LogP contribution in [0.15, 0.2) is 47.3 Å². The quantitative estimate of drug-likeness (QED) is 0.804. The van der Waals surface area contributed by atoms with Crippen LogP contribution >= 0.6 is 0 Å². The van der Waals surface area contributed by atoms with E-state index in [1.54, 1.807) is 32.4 Å². The Bertz CT molecular complexity index is 907. The van der Waals surface area contributed by atoms with Gasteiger partial charge in [-0.2, -0.15) is 0 Å². The van der Waals surface area contributed by atoms with Crippen LogP contribution in [0.2, 0.25) is 0 Å². The zero-order valence-electron chi connectivity index (χ0n) is 12.9. The van der Waals surface area contributed by atoms with Crippen molar-refractivity contribution in [3.63, 3.8) is 0 Å². The largest absolute Gasteiger partial charge is 0.497 e. The van der Waals surface area contributed by atoms with Crippen LogP contribution in [-0.2, 0) is 0 Å². The summed E-state index contributed by atoms with van der Waals surface area (Å²) < 4.78 is 10.5. The Morgan fingerprint density at radius 1 is 1.00 bits per heavy atom. The van der Waals surface area contributed by atoms with Crippen molar-refractivity contribution in [2.24, 2.45) is 0 Å². The number of methoxy groups -OCH3 is 2. The molecule has 1 aromatic heterocycles. The van der Waals surface area contributed by atoms with E-state index in [9.17, 15) is 4.79 Å². The Kier molecular flexibility index (Phi) is 4.10. The summed E-state index contributed by atoms with van der Waals surface area (Å²) in [7, 11) is 3.19. The minimum Gasteiger partial charge on any atom is -0.497 e. The van der Waals surface area contributed by atoms with E-state index in [1.807, 2.05) is 36.4 Å². The fourth-order valence-corrected chi connectivity index (χ4v) is 2.26. The first-order valence-corrected chi connectivity index (χ1v) is 7.10. The second-order valence-electron chi connectivity index (χ2n) is 4.95. The number of fused-ring (bicyclic) bond motifs is 1. The summed E-state index contributed by atoms with van der Waals surface area (Å²) in [6.07, 6.45) is 3.48. The summed E-state index contributed by atoms with van der Waals surface area (Å²) in [5.41, 5.74) is 2.45. The number of hydrogen-bond acceptors (Lipinski definition) is 4. The fraction of sp³-hybridized carbons (Fsp3) is 0.111. The SMILES string of the molecule is COc1cc(C=Cc2nc3ccccc3[nH]c2=O)cc(OC)c1. The summed E-state index contributed by atoms with van der Waals surface area (Å²) in [5, 5.41) is 0. The van der Waals surface area contributed by atoms with Crippen LogP contribution in [0.4, 0.5) is 0 Å². The van der Waals surface area contributed by atoms with Crippen molar-refractivity contribution in [3.05, 3.63) is 64.1 Å². The molecule has 0 saturated heterocycles. The number of rotatable bonds is 4. The maximum absolute atomic E-state index is 12.1. The first-order valence-electron chi connectivity index (χ1n) is 7.10. The van der Waals surface area contributed by atoms with Gasteiger partial charge in [0.1, 0.15) is 17.2 Å². The predicted octanol–water partition coefficient (Wildman–Crippen LogP) is 3.11. The molecule has 116 valence electrons. The molecule has 0 radical (unpaired) electrons. The highest BCUT2D eigenvalue weighted by Gasteiger charge is 2.03. The molecule has 3 rings (SSSR count). The second-order valence-corrected chi connectivity index (χ2v) is 4.95. The third-order valence-corrected chi connectivity index (χ3v) is 3.43. The number of H-pyrrole nitrogens is 1. The highest BCUT2D eigenvalue weighted by Crippen LogP contribution is 2.23. The van der Waals surface area contributed by atoms with Crippen LogP contribution in [0.5, 0.6) is 11.5 Å². The van der Waals surface area contributed by atoms with Crippen LogP contribution < -0.4 is 15.0 Å². The third-order valence-electron chi connectivity index (χ3n) is 3.43. The molecule has 23 heavy (non-hydrogen) atoms. The van der Waals surface area contributed by atoms with Crippen LogP contribution in [0, 0.1) is 0 Å². The van der Waals surface area contributed by atoms with Gasteiger partial charge in [0, 0.05) is 6.07 Å². The normalized spacial score (nSPS) is 11.0. The summed E-state index contributed by atoms with van der Waals surface area (Å²) in [6, 6.07) is 12.9. The van der Waals surface area contributed by atoms with Gasteiger partial charge in [-0.25, -0.2) is 4.98 Å². The first-order chi connectivity index (χ1) is 11.2. The Morgan fingerprint density at radius 3 is 2.39 bits per heavy atom. The molecule has 0 unspecified atom stereocenters. The zero-order chi connectivity index (χ0) is 16.2. The number of ether oxygens (including phenoxy) is 2. The van der Waals surface area contributed by atoms with Crippen LogP contribution in [0.3, 0.4) is 0 Å². The van der Waals surface area contributed by atoms with Crippen LogP contribution in [0.1, 0.15) is 11.3 Å². The van der Waals surface area contributed by atoms with Crippen molar-refractivity contribution in [1.29, 1.82) is 0 Å². The van der Waals surface area contributed by atoms with E-state index in [4.69, 9.17) is 9.47 Å². The molecule has 2 aromatic carbocycles. The van der Waals surface area contributed by atoms with Crippen molar-refractivity contribution >= 4 is 23.2 Å². The van der Waals surface area contributed by atoms with Crippen molar-refractivity contribution < 1.29 is 9.47 Å². The lowest BCUT2D eigenvalue weighted by Gasteiger charge is -2.05. The molecule has 0 aliphatic rings. The topological polar surface area (TPSA) is 64.2 Å². The lowest BCUT2D eigenvalue weighted by Crippen LogP contribution is -2.11. The smallest absolute Gasteiger partial charge is 0.274 e. The van der Waals surface area contributed by atoms with Gasteiger partial charge in [0.25, 0.3) is 5.56 Å². The van der Waals surface area contributed by atoms with Crippen molar-refractivity contribution in [1.82, 2.24) is 9.97 Å². The Balaban J connectivity index is 1.99. The molecule has 0 spiro atoms. The van der Waals surface area contributed by atoms with E-state index in [2.05, 4.69) is 9.97 Å². The molecule has 0 aliphatic carbocycles. The number of nitrogens with zero attached hydrogens (tertiary/aromatic N) is 1. The molecule has 5 nitrogen and oxygen atoms in total. The van der Waals surface area contributed by atoms with E-state index in [-0.39, 0.29) is 5.56 Å². The molecular weight excluding hydrogens is 292 g/mol. The minimum atomic E-state index is -0.227. The number of benzene rings is 2. The van der Waals surface area contributed by atoms with E-state index >= 15 is 0 Å². The molecule has 0 amide bonds. The summed E-state index contributed by atoms with van der Waals surface area (Å²) >= 11 is 0. The Morgan fingerprint density at radius 2 is 1.70 bits per heavy atom. The van der Waals surface area contributed by atoms with Gasteiger partial charge in [-0.05, 0) is 35.9 Å². The van der Waals surface area contributed by atoms with Gasteiger partial charge in [0.05, 0.1) is 25.3 Å². The zero-order valence-corrected chi connectivity index (χ0v) is 12.9. The molecule has 5 heteroatoms. The number of nitrogens with one attached hydrogen (secondary N) is 1. The summed E-state index contributed by atoms with van der Waals surface area (Å²) in [6.45, 7) is 0. The summed E-state index contributed by atoms with van der Waals surface area (Å²) in [5.74, 6) is 1.37. The molecule has 0 atom stereocenters. The van der Waals surface area contributed by atoms with E-state index in [1.165, 1.54) is 0 Å². The van der Waals surface area contributed by atoms with Gasteiger partial charge in [0.15, 0.2) is 0 Å². The van der Waals surface area contributed by atoms with E-state index < -0.39 is 0 Å². The van der Waals surface area contributed by atoms with Crippen molar-refractivity contribution in [2.75, 3.05) is 14.2 Å². The van der Waals surface area contributed by atoms with Crippen molar-refractivity contribution in [3.8, 4) is 11.5 Å². The maximum Gasteiger partial charge on any atom is 0.274 e. The number of aromatic amines is 1. The van der Waals surface area contributed by atoms with Gasteiger partial charge >= 0.3 is 0 Å². The Hall–Kier alpha value is -3.08. The molecule has 0 bridgehead atoms. The van der Waals surface area contributed by atoms with Crippen LogP contribution in [0.25, 0.3) is 23.2 Å². The second kappa shape index (κ2) is 6.36. The molecule has 0 fully saturated rings. The lowest BCUT2D eigenvalue weighted by atomic mass is 10.1. The number of aromatic nitrogens is 2. The van der Waals surface area contributed by atoms with E-state index in [0.29, 0.717) is 17.2 Å². The maximum atomic E-state index is 12.1. The van der Waals surface area contributed by atoms with Gasteiger partial charge in [0.2, 0.25) is 0 Å². The summed E-state index contributed by atoms with van der Waals surface area (Å²) in [4.78, 5) is 19.3. The monoisotopic (exact) mass is 308 g/mol. The van der Waals surface area contributed by atoms with Gasteiger partial charge in [-0.3, -0.25) is 4.79 Å². The van der Waals surface area contributed by atoms with Gasteiger partial charge < -0.3 is 14.5 Å². The predicted molar refractivity (Wildman–Crippen MR) is 90.8 cm³/mol. The van der Waals surface area contributed by atoms with Gasteiger partial charge in [-0.15, -0.1) is 0 Å². The number of para-hydroxylation sites is 2. The van der Waals surface area contributed by atoms with Crippen molar-refractivity contribution in [2.45, 2.75) is 0 Å². The number of hydrogen-bond donors (Lipinski definition) is 1. The molecule has 0 saturated carbocycles. The van der Waals surface area contributed by atoms with E-state index in [0.717, 1.165) is 16.6 Å². The van der Waals surface area contributed by atoms with Gasteiger partial charge in [-0.1, -0.05) is 18.2 Å². The standard InChI is InChI=1S/C18H16N2O3/c1-22-13-9-12(10-14(11-13)23-2)7-8-17-18(21)20-16-6-4-3-5-15(16)19-17/h3-11H,1-2H3,(H,20,21). The highest BCUT2D eigenvalue weighted by molar-refractivity contribution is 5.76. The highest BCUT2D eigenvalue weighted by atomic mass is 16.5. The fourth-order valence-electron chi connectivity index (χ4n) is 2.26.